The molecule has 4 aliphatic carbocycles. The Bertz CT molecular complexity index is 901. The zero-order valence-corrected chi connectivity index (χ0v) is 14.3. The van der Waals surface area contributed by atoms with Crippen molar-refractivity contribution in [3.05, 3.63) is 52.3 Å². The average molecular weight is 333 g/mol. The van der Waals surface area contributed by atoms with Crippen LogP contribution in [0.15, 0.2) is 41.2 Å². The number of hydrogen-bond acceptors (Lipinski definition) is 2. The molecule has 1 aromatic carbocycles. The highest BCUT2D eigenvalue weighted by Crippen LogP contribution is 2.60. The number of benzene rings is 1. The van der Waals surface area contributed by atoms with Gasteiger partial charge in [-0.15, -0.1) is 0 Å². The predicted octanol–water partition coefficient (Wildman–Crippen LogP) is 4.33. The Balaban J connectivity index is 1.44. The van der Waals surface area contributed by atoms with Crippen LogP contribution in [0.2, 0.25) is 0 Å². The lowest BCUT2D eigenvalue weighted by atomic mass is 9.48. The lowest BCUT2D eigenvalue weighted by Crippen LogP contribution is -2.49. The van der Waals surface area contributed by atoms with Crippen molar-refractivity contribution < 1.29 is 4.79 Å². The van der Waals surface area contributed by atoms with Gasteiger partial charge in [-0.25, -0.2) is 0 Å². The second-order valence-corrected chi connectivity index (χ2v) is 8.54. The fourth-order valence-corrected chi connectivity index (χ4v) is 6.04. The summed E-state index contributed by atoms with van der Waals surface area (Å²) in [6, 6.07) is 9.60. The van der Waals surface area contributed by atoms with Crippen LogP contribution in [0.5, 0.6) is 0 Å². The number of carbonyl (C=O) groups is 1. The average Bonchev–Trinajstić information content (AvgIpc) is 2.58. The van der Waals surface area contributed by atoms with Crippen LogP contribution in [0, 0.1) is 23.2 Å². The molecule has 0 unspecified atom stereocenters. The summed E-state index contributed by atoms with van der Waals surface area (Å²) in [5.74, 6) is 2.52. The number of allylic oxidation sites excluding steroid dienone is 1. The van der Waals surface area contributed by atoms with Crippen LogP contribution in [-0.4, -0.2) is 10.8 Å². The molecule has 0 spiro atoms. The maximum Gasteiger partial charge on any atom is 0.255 e. The zero-order valence-electron chi connectivity index (χ0n) is 14.3. The van der Waals surface area contributed by atoms with Crippen LogP contribution >= 0.6 is 0 Å². The Morgan fingerprint density at radius 2 is 1.68 bits per heavy atom. The van der Waals surface area contributed by atoms with Crippen molar-refractivity contribution in [2.24, 2.45) is 23.2 Å². The quantitative estimate of drug-likeness (QED) is 0.850. The van der Waals surface area contributed by atoms with Gasteiger partial charge in [-0.2, -0.15) is 0 Å². The van der Waals surface area contributed by atoms with E-state index in [2.05, 4.69) is 4.98 Å². The molecule has 3 nitrogen and oxygen atoms in total. The van der Waals surface area contributed by atoms with Crippen molar-refractivity contribution in [3.63, 3.8) is 0 Å². The standard InChI is InChI=1S/C22H23NO2/c24-20(22-11-14-7-15(12-22)9-16(8-14)13-22)6-5-18-10-17-3-1-2-4-19(17)23-21(18)25/h1-6,10,14-16H,7-9,11-13H2,(H,23,25)/b6-5+. The highest BCUT2D eigenvalue weighted by atomic mass is 16.1. The van der Waals surface area contributed by atoms with Gasteiger partial charge in [0.05, 0.1) is 0 Å². The van der Waals surface area contributed by atoms with Gasteiger partial charge in [-0.3, -0.25) is 9.59 Å². The first kappa shape index (κ1) is 15.1. The van der Waals surface area contributed by atoms with Crippen molar-refractivity contribution in [3.8, 4) is 0 Å². The number of pyridine rings is 1. The predicted molar refractivity (Wildman–Crippen MR) is 99.2 cm³/mol. The lowest BCUT2D eigenvalue weighted by Gasteiger charge is -2.55. The van der Waals surface area contributed by atoms with E-state index in [9.17, 15) is 9.59 Å². The van der Waals surface area contributed by atoms with Crippen LogP contribution in [0.4, 0.5) is 0 Å². The fraction of sp³-hybridized carbons (Fsp3) is 0.455. The molecule has 6 rings (SSSR count). The first-order chi connectivity index (χ1) is 12.1. The number of para-hydroxylation sites is 1. The Hall–Kier alpha value is -2.16. The van der Waals surface area contributed by atoms with Crippen LogP contribution in [0.3, 0.4) is 0 Å². The normalized spacial score (nSPS) is 33.4. The second-order valence-electron chi connectivity index (χ2n) is 8.54. The Labute approximate surface area is 147 Å². The summed E-state index contributed by atoms with van der Waals surface area (Å²) in [6.45, 7) is 0. The van der Waals surface area contributed by atoms with Crippen molar-refractivity contribution >= 4 is 22.8 Å². The third-order valence-corrected chi connectivity index (χ3v) is 6.76. The summed E-state index contributed by atoms with van der Waals surface area (Å²) in [5, 5.41) is 0.990. The van der Waals surface area contributed by atoms with E-state index in [0.717, 1.165) is 47.9 Å². The molecule has 4 aliphatic rings. The fourth-order valence-electron chi connectivity index (χ4n) is 6.04. The Kier molecular flexibility index (Phi) is 3.28. The molecule has 0 atom stereocenters. The minimum absolute atomic E-state index is 0.130. The molecular weight excluding hydrogens is 310 g/mol. The molecule has 0 saturated heterocycles. The van der Waals surface area contributed by atoms with E-state index in [1.54, 1.807) is 12.2 Å². The van der Waals surface area contributed by atoms with E-state index >= 15 is 0 Å². The molecule has 1 N–H and O–H groups in total. The first-order valence-corrected chi connectivity index (χ1v) is 9.46. The van der Waals surface area contributed by atoms with Gasteiger partial charge in [0, 0.05) is 16.5 Å². The van der Waals surface area contributed by atoms with Gasteiger partial charge >= 0.3 is 0 Å². The number of H-pyrrole nitrogens is 1. The molecular formula is C22H23NO2. The monoisotopic (exact) mass is 333 g/mol. The van der Waals surface area contributed by atoms with Gasteiger partial charge in [-0.05, 0) is 85.9 Å². The van der Waals surface area contributed by atoms with E-state index in [1.165, 1.54) is 19.3 Å². The van der Waals surface area contributed by atoms with E-state index in [4.69, 9.17) is 0 Å². The van der Waals surface area contributed by atoms with Gasteiger partial charge in [0.15, 0.2) is 5.78 Å². The minimum atomic E-state index is -0.131. The van der Waals surface area contributed by atoms with Crippen molar-refractivity contribution in [2.75, 3.05) is 0 Å². The highest BCUT2D eigenvalue weighted by molar-refractivity contribution is 5.98. The maximum absolute atomic E-state index is 13.0. The van der Waals surface area contributed by atoms with Crippen molar-refractivity contribution in [2.45, 2.75) is 38.5 Å². The highest BCUT2D eigenvalue weighted by Gasteiger charge is 2.53. The van der Waals surface area contributed by atoms with Crippen LogP contribution in [0.1, 0.15) is 44.1 Å². The SMILES string of the molecule is O=C(/C=C/c1cc2ccccc2[nH]c1=O)C12CC3CC(CC(C3)C1)C2. The number of fused-ring (bicyclic) bond motifs is 1. The largest absolute Gasteiger partial charge is 0.321 e. The Morgan fingerprint density at radius 3 is 2.36 bits per heavy atom. The minimum Gasteiger partial charge on any atom is -0.321 e. The molecule has 4 bridgehead atoms. The van der Waals surface area contributed by atoms with Gasteiger partial charge in [0.2, 0.25) is 0 Å². The molecule has 128 valence electrons. The molecule has 4 saturated carbocycles. The topological polar surface area (TPSA) is 49.9 Å². The van der Waals surface area contributed by atoms with E-state index < -0.39 is 0 Å². The van der Waals surface area contributed by atoms with E-state index in [1.807, 2.05) is 30.3 Å². The summed E-state index contributed by atoms with van der Waals surface area (Å²) in [6.07, 6.45) is 10.6. The summed E-state index contributed by atoms with van der Waals surface area (Å²) in [4.78, 5) is 28.2. The third-order valence-electron chi connectivity index (χ3n) is 6.76. The van der Waals surface area contributed by atoms with Gasteiger partial charge < -0.3 is 4.98 Å². The summed E-state index contributed by atoms with van der Waals surface area (Å²) >= 11 is 0. The molecule has 0 aliphatic heterocycles. The Morgan fingerprint density at radius 1 is 1.04 bits per heavy atom. The molecule has 25 heavy (non-hydrogen) atoms. The zero-order chi connectivity index (χ0) is 17.0. The number of ketones is 1. The second kappa shape index (κ2) is 5.42. The third kappa shape index (κ3) is 2.48. The van der Waals surface area contributed by atoms with Gasteiger partial charge in [0.1, 0.15) is 0 Å². The number of aromatic amines is 1. The molecule has 2 aromatic rings. The maximum atomic E-state index is 13.0. The van der Waals surface area contributed by atoms with Crippen molar-refractivity contribution in [1.82, 2.24) is 4.98 Å². The number of carbonyl (C=O) groups excluding carboxylic acids is 1. The smallest absolute Gasteiger partial charge is 0.255 e. The molecule has 4 fully saturated rings. The molecule has 1 heterocycles. The molecule has 0 amide bonds. The summed E-state index contributed by atoms with van der Waals surface area (Å²) in [5.41, 5.74) is 1.14. The van der Waals surface area contributed by atoms with Crippen LogP contribution < -0.4 is 5.56 Å². The number of nitrogens with one attached hydrogen (secondary N) is 1. The molecule has 0 radical (unpaired) electrons. The number of rotatable bonds is 3. The number of aromatic nitrogens is 1. The van der Waals surface area contributed by atoms with Gasteiger partial charge in [-0.1, -0.05) is 18.2 Å². The lowest BCUT2D eigenvalue weighted by molar-refractivity contribution is -0.138. The van der Waals surface area contributed by atoms with Gasteiger partial charge in [0.25, 0.3) is 5.56 Å². The van der Waals surface area contributed by atoms with Crippen LogP contribution in [-0.2, 0) is 4.79 Å². The number of hydrogen-bond donors (Lipinski definition) is 1. The van der Waals surface area contributed by atoms with Crippen LogP contribution in [0.25, 0.3) is 17.0 Å². The summed E-state index contributed by atoms with van der Waals surface area (Å²) in [7, 11) is 0. The van der Waals surface area contributed by atoms with Crippen molar-refractivity contribution in [1.29, 1.82) is 0 Å². The first-order valence-electron chi connectivity index (χ1n) is 9.46. The van der Waals surface area contributed by atoms with E-state index in [0.29, 0.717) is 5.56 Å². The summed E-state index contributed by atoms with van der Waals surface area (Å²) < 4.78 is 0. The molecule has 3 heteroatoms. The van der Waals surface area contributed by atoms with E-state index in [-0.39, 0.29) is 16.8 Å². The molecule has 1 aromatic heterocycles.